The number of fused-ring (bicyclic) bond motifs is 3. The molecule has 2 bridgehead atoms. The van der Waals surface area contributed by atoms with Crippen molar-refractivity contribution in [2.24, 2.45) is 0 Å². The molecule has 0 aliphatic carbocycles. The maximum Gasteiger partial charge on any atom is 0.212 e. The predicted molar refractivity (Wildman–Crippen MR) is 146 cm³/mol. The van der Waals surface area contributed by atoms with Crippen LogP contribution in [0.2, 0.25) is 0 Å². The van der Waals surface area contributed by atoms with E-state index in [2.05, 4.69) is 44.2 Å². The van der Waals surface area contributed by atoms with Gasteiger partial charge in [0, 0.05) is 74.4 Å². The Bertz CT molecular complexity index is 1530. The molecule has 0 spiro atoms. The molecule has 0 aromatic carbocycles. The van der Waals surface area contributed by atoms with Crippen molar-refractivity contribution in [1.82, 2.24) is 24.5 Å². The summed E-state index contributed by atoms with van der Waals surface area (Å²) in [6, 6.07) is 13.4. The summed E-state index contributed by atoms with van der Waals surface area (Å²) in [5.74, 6) is 1.59. The summed E-state index contributed by atoms with van der Waals surface area (Å²) >= 11 is 0. The molecule has 198 valence electrons. The number of rotatable bonds is 6. The molecule has 0 radical (unpaired) electrons. The Kier molecular flexibility index (Phi) is 5.81. The Morgan fingerprint density at radius 3 is 2.59 bits per heavy atom. The number of methoxy groups -OCH3 is 1. The molecule has 9 nitrogen and oxygen atoms in total. The highest BCUT2D eigenvalue weighted by Gasteiger charge is 2.44. The van der Waals surface area contributed by atoms with E-state index < -0.39 is 6.17 Å². The van der Waals surface area contributed by atoms with Gasteiger partial charge in [0.25, 0.3) is 0 Å². The largest absolute Gasteiger partial charge is 0.481 e. The van der Waals surface area contributed by atoms with Gasteiger partial charge in [-0.05, 0) is 36.6 Å². The second-order valence-corrected chi connectivity index (χ2v) is 10.6. The molecule has 3 atom stereocenters. The van der Waals surface area contributed by atoms with E-state index in [0.717, 1.165) is 47.8 Å². The van der Waals surface area contributed by atoms with Gasteiger partial charge in [-0.15, -0.1) is 0 Å². The molecule has 0 saturated carbocycles. The molecule has 4 aromatic heterocycles. The van der Waals surface area contributed by atoms with E-state index in [-0.39, 0.29) is 0 Å². The first-order chi connectivity index (χ1) is 19.1. The fourth-order valence-electron chi connectivity index (χ4n) is 6.24. The molecule has 0 amide bonds. The third-order valence-corrected chi connectivity index (χ3v) is 8.31. The van der Waals surface area contributed by atoms with Gasteiger partial charge < -0.3 is 14.5 Å². The third kappa shape index (κ3) is 4.23. The number of nitrogens with zero attached hydrogens (tertiary/aromatic N) is 8. The number of aromatic nitrogens is 4. The van der Waals surface area contributed by atoms with Crippen LogP contribution in [0.1, 0.15) is 24.0 Å². The number of ether oxygens (including phenoxy) is 1. The number of halogens is 1. The molecule has 10 heteroatoms. The molecule has 4 saturated heterocycles. The molecule has 4 aliphatic heterocycles. The number of pyridine rings is 3. The van der Waals surface area contributed by atoms with Crippen LogP contribution in [0.3, 0.4) is 0 Å². The summed E-state index contributed by atoms with van der Waals surface area (Å²) in [5, 5.41) is 14.1. The quantitative estimate of drug-likeness (QED) is 0.378. The third-order valence-electron chi connectivity index (χ3n) is 8.31. The average molecular weight is 525 g/mol. The van der Waals surface area contributed by atoms with Crippen LogP contribution in [0.25, 0.3) is 16.6 Å². The van der Waals surface area contributed by atoms with Gasteiger partial charge in [0.2, 0.25) is 5.88 Å². The van der Waals surface area contributed by atoms with Gasteiger partial charge >= 0.3 is 0 Å². The highest BCUT2D eigenvalue weighted by atomic mass is 19.1. The van der Waals surface area contributed by atoms with Gasteiger partial charge in [0.1, 0.15) is 18.1 Å². The van der Waals surface area contributed by atoms with Crippen molar-refractivity contribution >= 4 is 17.0 Å². The number of piperidine rings is 1. The van der Waals surface area contributed by atoms with Crippen molar-refractivity contribution in [3.05, 3.63) is 66.2 Å². The van der Waals surface area contributed by atoms with Crippen molar-refractivity contribution in [3.8, 4) is 23.1 Å². The summed E-state index contributed by atoms with van der Waals surface area (Å²) in [5.41, 5.74) is 5.14. The number of alkyl halides is 1. The van der Waals surface area contributed by atoms with Gasteiger partial charge in [-0.25, -0.2) is 18.9 Å². The Hall–Kier alpha value is -4.23. The molecule has 8 rings (SSSR count). The van der Waals surface area contributed by atoms with E-state index in [9.17, 15) is 9.65 Å². The Labute approximate surface area is 226 Å². The average Bonchev–Trinajstić information content (AvgIpc) is 3.62. The second kappa shape index (κ2) is 9.50. The molecule has 4 fully saturated rings. The lowest BCUT2D eigenvalue weighted by molar-refractivity contribution is -0.00876. The van der Waals surface area contributed by atoms with Crippen molar-refractivity contribution in [1.29, 1.82) is 5.26 Å². The van der Waals surface area contributed by atoms with E-state index >= 15 is 0 Å². The summed E-state index contributed by atoms with van der Waals surface area (Å²) in [4.78, 5) is 16.1. The number of nitriles is 1. The van der Waals surface area contributed by atoms with E-state index in [1.807, 2.05) is 35.6 Å². The molecular formula is C29H29FN8O. The molecular weight excluding hydrogens is 495 g/mol. The van der Waals surface area contributed by atoms with Gasteiger partial charge in [-0.2, -0.15) is 10.4 Å². The van der Waals surface area contributed by atoms with Crippen LogP contribution >= 0.6 is 0 Å². The van der Waals surface area contributed by atoms with Crippen molar-refractivity contribution < 1.29 is 9.13 Å². The summed E-state index contributed by atoms with van der Waals surface area (Å²) in [6.45, 7) is 3.81. The van der Waals surface area contributed by atoms with Crippen molar-refractivity contribution in [2.45, 2.75) is 37.6 Å². The van der Waals surface area contributed by atoms with Crippen LogP contribution in [0.15, 0.2) is 55.1 Å². The number of hydrogen-bond donors (Lipinski definition) is 0. The summed E-state index contributed by atoms with van der Waals surface area (Å²) in [6.07, 6.45) is 8.15. The first-order valence-electron chi connectivity index (χ1n) is 13.4. The highest BCUT2D eigenvalue weighted by molar-refractivity contribution is 5.86. The molecule has 8 heterocycles. The maximum atomic E-state index is 13.9. The molecule has 4 aromatic rings. The lowest BCUT2D eigenvalue weighted by Gasteiger charge is -2.56. The number of anilines is 2. The van der Waals surface area contributed by atoms with Gasteiger partial charge in [0.05, 0.1) is 36.3 Å². The Morgan fingerprint density at radius 1 is 1.05 bits per heavy atom. The fourth-order valence-corrected chi connectivity index (χ4v) is 6.24. The lowest BCUT2D eigenvalue weighted by Crippen LogP contribution is -2.68. The monoisotopic (exact) mass is 524 g/mol. The smallest absolute Gasteiger partial charge is 0.212 e. The topological polar surface area (TPSA) is 85.8 Å². The zero-order chi connectivity index (χ0) is 26.5. The minimum Gasteiger partial charge on any atom is -0.481 e. The van der Waals surface area contributed by atoms with Crippen LogP contribution in [0, 0.1) is 11.3 Å². The highest BCUT2D eigenvalue weighted by Crippen LogP contribution is 2.37. The molecule has 0 N–H and O–H groups in total. The van der Waals surface area contributed by atoms with E-state index in [4.69, 9.17) is 9.72 Å². The van der Waals surface area contributed by atoms with E-state index in [1.165, 1.54) is 12.0 Å². The normalized spacial score (nSPS) is 22.6. The first-order valence-corrected chi connectivity index (χ1v) is 13.4. The maximum absolute atomic E-state index is 13.9. The van der Waals surface area contributed by atoms with Gasteiger partial charge in [-0.3, -0.25) is 4.90 Å². The summed E-state index contributed by atoms with van der Waals surface area (Å²) in [7, 11) is 1.63. The standard InChI is InChI=1S/C29H29FN8O/c1-39-28-5-2-19(11-33-28)14-37-24-8-25(37)17-36(16-24)27-4-3-20(12-32-27)26-9-23(35-7-6-22(30)15-35)18-38-29(26)21(10-31)13-34-38/h2-5,9,11-13,18,22,24-25H,6-8,14-17H2,1H3/t22?,24-,25?/m0/s1. The number of hydrogen-bond acceptors (Lipinski definition) is 8. The molecule has 39 heavy (non-hydrogen) atoms. The van der Waals surface area contributed by atoms with Gasteiger partial charge in [-0.1, -0.05) is 6.07 Å². The minimum absolute atomic E-state index is 0.373. The van der Waals surface area contributed by atoms with E-state index in [1.54, 1.807) is 17.8 Å². The molecule has 4 aliphatic rings. The van der Waals surface area contributed by atoms with Crippen molar-refractivity contribution in [2.75, 3.05) is 43.1 Å². The van der Waals surface area contributed by atoms with Crippen LogP contribution in [0.4, 0.5) is 15.9 Å². The second-order valence-electron chi connectivity index (χ2n) is 10.6. The SMILES string of the molecule is COc1ccc(CN2C3C[C@H]2CN(c2ccc(-c4cc(N5CCC(F)C5)cn5ncc(C#N)c45)cn2)C3)cn1. The number of piperazine rings is 1. The molecule has 2 unspecified atom stereocenters. The Morgan fingerprint density at radius 2 is 1.92 bits per heavy atom. The minimum atomic E-state index is -0.822. The zero-order valence-corrected chi connectivity index (χ0v) is 21.7. The van der Waals surface area contributed by atoms with Crippen LogP contribution < -0.4 is 14.5 Å². The Balaban J connectivity index is 1.10. The first kappa shape index (κ1) is 23.9. The van der Waals surface area contributed by atoms with Gasteiger partial charge in [0.15, 0.2) is 0 Å². The van der Waals surface area contributed by atoms with Crippen LogP contribution in [-0.4, -0.2) is 76.0 Å². The predicted octanol–water partition coefficient (Wildman–Crippen LogP) is 3.68. The van der Waals surface area contributed by atoms with Crippen LogP contribution in [0.5, 0.6) is 5.88 Å². The lowest BCUT2D eigenvalue weighted by atomic mass is 9.87. The summed E-state index contributed by atoms with van der Waals surface area (Å²) < 4.78 is 20.8. The van der Waals surface area contributed by atoms with Crippen LogP contribution in [-0.2, 0) is 6.54 Å². The fraction of sp³-hybridized carbons (Fsp3) is 0.379. The van der Waals surface area contributed by atoms with Crippen molar-refractivity contribution in [3.63, 3.8) is 0 Å². The zero-order valence-electron chi connectivity index (χ0n) is 21.7. The van der Waals surface area contributed by atoms with E-state index in [0.29, 0.717) is 43.0 Å².